The molecule has 0 saturated heterocycles. The number of nitrogens with zero attached hydrogens (tertiary/aromatic N) is 3. The fourth-order valence-corrected chi connectivity index (χ4v) is 1.60. The number of nitriles is 1. The Kier molecular flexibility index (Phi) is 4.13. The smallest absolute Gasteiger partial charge is 0.239 e. The maximum absolute atomic E-state index is 8.71. The summed E-state index contributed by atoms with van der Waals surface area (Å²) in [7, 11) is 0. The molecule has 0 amide bonds. The van der Waals surface area contributed by atoms with Gasteiger partial charge in [-0.05, 0) is 17.7 Å². The van der Waals surface area contributed by atoms with Crippen LogP contribution >= 0.6 is 11.6 Å². The third-order valence-corrected chi connectivity index (χ3v) is 2.69. The number of nitrogens with two attached hydrogens (primary N) is 1. The van der Waals surface area contributed by atoms with Crippen molar-refractivity contribution in [1.29, 1.82) is 5.26 Å². The SMILES string of the molecule is N#Cc1ccc(CNc2nc(NN)ncc2Cl)cc1. The number of hydrogen-bond donors (Lipinski definition) is 3. The summed E-state index contributed by atoms with van der Waals surface area (Å²) in [5, 5.41) is 12.2. The van der Waals surface area contributed by atoms with Crippen LogP contribution in [-0.2, 0) is 6.54 Å². The average molecular weight is 275 g/mol. The van der Waals surface area contributed by atoms with E-state index in [2.05, 4.69) is 26.8 Å². The molecule has 0 spiro atoms. The van der Waals surface area contributed by atoms with Gasteiger partial charge >= 0.3 is 0 Å². The summed E-state index contributed by atoms with van der Waals surface area (Å²) in [6, 6.07) is 9.31. The van der Waals surface area contributed by atoms with Gasteiger partial charge < -0.3 is 5.32 Å². The van der Waals surface area contributed by atoms with E-state index in [4.69, 9.17) is 22.7 Å². The first-order chi connectivity index (χ1) is 9.22. The zero-order chi connectivity index (χ0) is 13.7. The largest absolute Gasteiger partial charge is 0.365 e. The highest BCUT2D eigenvalue weighted by Gasteiger charge is 2.04. The summed E-state index contributed by atoms with van der Waals surface area (Å²) < 4.78 is 0. The number of rotatable bonds is 4. The van der Waals surface area contributed by atoms with Crippen LogP contribution in [0, 0.1) is 11.3 Å². The van der Waals surface area contributed by atoms with E-state index in [1.165, 1.54) is 6.20 Å². The molecule has 19 heavy (non-hydrogen) atoms. The van der Waals surface area contributed by atoms with E-state index < -0.39 is 0 Å². The van der Waals surface area contributed by atoms with Crippen molar-refractivity contribution in [3.63, 3.8) is 0 Å². The van der Waals surface area contributed by atoms with Crippen molar-refractivity contribution in [2.75, 3.05) is 10.7 Å². The second kappa shape index (κ2) is 6.00. The number of halogens is 1. The van der Waals surface area contributed by atoms with Crippen molar-refractivity contribution in [3.05, 3.63) is 46.6 Å². The number of hydrogen-bond acceptors (Lipinski definition) is 6. The molecule has 0 aliphatic rings. The van der Waals surface area contributed by atoms with Gasteiger partial charge in [-0.15, -0.1) is 0 Å². The Morgan fingerprint density at radius 2 is 2.05 bits per heavy atom. The Labute approximate surface area is 115 Å². The third kappa shape index (κ3) is 3.31. The van der Waals surface area contributed by atoms with Crippen molar-refractivity contribution in [3.8, 4) is 6.07 Å². The molecule has 2 aromatic rings. The molecule has 6 nitrogen and oxygen atoms in total. The van der Waals surface area contributed by atoms with Gasteiger partial charge in [0.25, 0.3) is 0 Å². The number of hydrazine groups is 1. The second-order valence-corrected chi connectivity index (χ2v) is 4.10. The van der Waals surface area contributed by atoms with Crippen LogP contribution in [0.5, 0.6) is 0 Å². The van der Waals surface area contributed by atoms with Crippen molar-refractivity contribution in [2.24, 2.45) is 5.84 Å². The van der Waals surface area contributed by atoms with Crippen LogP contribution in [0.2, 0.25) is 5.02 Å². The molecule has 1 aromatic heterocycles. The van der Waals surface area contributed by atoms with Crippen molar-refractivity contribution >= 4 is 23.4 Å². The van der Waals surface area contributed by atoms with Crippen molar-refractivity contribution in [1.82, 2.24) is 9.97 Å². The van der Waals surface area contributed by atoms with Gasteiger partial charge in [0.1, 0.15) is 5.02 Å². The molecule has 1 heterocycles. The first kappa shape index (κ1) is 13.1. The van der Waals surface area contributed by atoms with E-state index in [0.717, 1.165) is 5.56 Å². The van der Waals surface area contributed by atoms with Crippen LogP contribution in [-0.4, -0.2) is 9.97 Å². The molecule has 2 rings (SSSR count). The summed E-state index contributed by atoms with van der Waals surface area (Å²) in [5.74, 6) is 6.01. The lowest BCUT2D eigenvalue weighted by molar-refractivity contribution is 1.07. The summed E-state index contributed by atoms with van der Waals surface area (Å²) in [6.45, 7) is 0.534. The van der Waals surface area contributed by atoms with Crippen LogP contribution in [0.4, 0.5) is 11.8 Å². The monoisotopic (exact) mass is 274 g/mol. The quantitative estimate of drug-likeness (QED) is 0.582. The first-order valence-electron chi connectivity index (χ1n) is 5.45. The van der Waals surface area contributed by atoms with E-state index in [0.29, 0.717) is 22.9 Å². The summed E-state index contributed by atoms with van der Waals surface area (Å²) in [4.78, 5) is 7.98. The maximum atomic E-state index is 8.71. The number of nitrogen functional groups attached to an aromatic ring is 1. The fourth-order valence-electron chi connectivity index (χ4n) is 1.44. The maximum Gasteiger partial charge on any atom is 0.239 e. The molecular weight excluding hydrogens is 264 g/mol. The molecule has 0 aliphatic carbocycles. The highest BCUT2D eigenvalue weighted by Crippen LogP contribution is 2.19. The van der Waals surface area contributed by atoms with Crippen LogP contribution in [0.3, 0.4) is 0 Å². The lowest BCUT2D eigenvalue weighted by Gasteiger charge is -2.08. The molecule has 0 saturated carbocycles. The van der Waals surface area contributed by atoms with Gasteiger partial charge in [-0.3, -0.25) is 5.43 Å². The molecule has 0 radical (unpaired) electrons. The number of benzene rings is 1. The Balaban J connectivity index is 2.07. The Morgan fingerprint density at radius 3 is 2.68 bits per heavy atom. The standard InChI is InChI=1S/C12H11ClN6/c13-10-7-17-12(19-15)18-11(10)16-6-9-3-1-8(5-14)2-4-9/h1-4,7H,6,15H2,(H2,16,17,18,19). The lowest BCUT2D eigenvalue weighted by Crippen LogP contribution is -2.12. The molecule has 0 unspecified atom stereocenters. The van der Waals surface area contributed by atoms with Crippen LogP contribution in [0.1, 0.15) is 11.1 Å². The third-order valence-electron chi connectivity index (χ3n) is 2.42. The van der Waals surface area contributed by atoms with Crippen LogP contribution < -0.4 is 16.6 Å². The van der Waals surface area contributed by atoms with E-state index in [-0.39, 0.29) is 5.95 Å². The Hall–Kier alpha value is -2.36. The minimum atomic E-state index is 0.284. The van der Waals surface area contributed by atoms with Crippen LogP contribution in [0.25, 0.3) is 0 Å². The minimum absolute atomic E-state index is 0.284. The molecule has 4 N–H and O–H groups in total. The molecule has 0 atom stereocenters. The Bertz CT molecular complexity index is 605. The highest BCUT2D eigenvalue weighted by atomic mass is 35.5. The number of anilines is 2. The predicted molar refractivity (Wildman–Crippen MR) is 73.3 cm³/mol. The Morgan fingerprint density at radius 1 is 1.32 bits per heavy atom. The van der Waals surface area contributed by atoms with Crippen molar-refractivity contribution in [2.45, 2.75) is 6.54 Å². The second-order valence-electron chi connectivity index (χ2n) is 3.70. The van der Waals surface area contributed by atoms with E-state index >= 15 is 0 Å². The molecule has 1 aromatic carbocycles. The normalized spacial score (nSPS) is 9.74. The summed E-state index contributed by atoms with van der Waals surface area (Å²) in [6.07, 6.45) is 1.46. The van der Waals surface area contributed by atoms with Gasteiger partial charge in [0.05, 0.1) is 17.8 Å². The van der Waals surface area contributed by atoms with E-state index in [1.807, 2.05) is 12.1 Å². The molecule has 7 heteroatoms. The van der Waals surface area contributed by atoms with Crippen molar-refractivity contribution < 1.29 is 0 Å². The number of aromatic nitrogens is 2. The van der Waals surface area contributed by atoms with E-state index in [1.54, 1.807) is 12.1 Å². The van der Waals surface area contributed by atoms with Gasteiger partial charge in [-0.2, -0.15) is 10.2 Å². The summed E-state index contributed by atoms with van der Waals surface area (Å²) >= 11 is 5.97. The number of nitrogens with one attached hydrogen (secondary N) is 2. The van der Waals surface area contributed by atoms with E-state index in [9.17, 15) is 0 Å². The average Bonchev–Trinajstić information content (AvgIpc) is 2.47. The lowest BCUT2D eigenvalue weighted by atomic mass is 10.1. The van der Waals surface area contributed by atoms with Gasteiger partial charge in [-0.1, -0.05) is 23.7 Å². The van der Waals surface area contributed by atoms with Gasteiger partial charge in [0.15, 0.2) is 5.82 Å². The molecule has 0 aliphatic heterocycles. The molecule has 96 valence electrons. The first-order valence-corrected chi connectivity index (χ1v) is 5.83. The molecule has 0 fully saturated rings. The minimum Gasteiger partial charge on any atom is -0.365 e. The fraction of sp³-hybridized carbons (Fsp3) is 0.0833. The zero-order valence-corrected chi connectivity index (χ0v) is 10.6. The highest BCUT2D eigenvalue weighted by molar-refractivity contribution is 6.32. The zero-order valence-electron chi connectivity index (χ0n) is 9.89. The van der Waals surface area contributed by atoms with Gasteiger partial charge in [0, 0.05) is 6.54 Å². The van der Waals surface area contributed by atoms with Crippen LogP contribution in [0.15, 0.2) is 30.5 Å². The predicted octanol–water partition coefficient (Wildman–Crippen LogP) is 1.90. The van der Waals surface area contributed by atoms with Gasteiger partial charge in [0.2, 0.25) is 5.95 Å². The summed E-state index contributed by atoms with van der Waals surface area (Å²) in [5.41, 5.74) is 3.98. The molecular formula is C12H11ClN6. The topological polar surface area (TPSA) is 99.7 Å². The van der Waals surface area contributed by atoms with Gasteiger partial charge in [-0.25, -0.2) is 10.8 Å². The molecule has 0 bridgehead atoms.